The monoisotopic (exact) mass is 359 g/mol. The van der Waals surface area contributed by atoms with Crippen LogP contribution in [-0.4, -0.2) is 15.9 Å². The summed E-state index contributed by atoms with van der Waals surface area (Å²) >= 11 is 0. The van der Waals surface area contributed by atoms with Gasteiger partial charge in [0.15, 0.2) is 11.0 Å². The van der Waals surface area contributed by atoms with Crippen molar-refractivity contribution in [1.29, 1.82) is 0 Å². The third-order valence-electron chi connectivity index (χ3n) is 4.04. The van der Waals surface area contributed by atoms with Gasteiger partial charge in [0.1, 0.15) is 11.4 Å². The van der Waals surface area contributed by atoms with Crippen LogP contribution in [0.3, 0.4) is 0 Å². The maximum atomic E-state index is 12.4. The lowest BCUT2D eigenvalue weighted by Crippen LogP contribution is -2.23. The molecule has 2 aromatic carbocycles. The average molecular weight is 359 g/mol. The highest BCUT2D eigenvalue weighted by Gasteiger charge is 2.31. The predicted molar refractivity (Wildman–Crippen MR) is 89.0 cm³/mol. The molecule has 8 heteroatoms. The van der Waals surface area contributed by atoms with Crippen molar-refractivity contribution in [3.63, 3.8) is 0 Å². The highest BCUT2D eigenvalue weighted by atomic mass is 19.4. The van der Waals surface area contributed by atoms with E-state index in [4.69, 9.17) is 0 Å². The maximum Gasteiger partial charge on any atom is 0.573 e. The molecule has 0 bridgehead atoms. The fraction of sp³-hybridized carbons (Fsp3) is 0.111. The maximum absolute atomic E-state index is 12.4. The average Bonchev–Trinajstić information content (AvgIpc) is 2.91. The summed E-state index contributed by atoms with van der Waals surface area (Å²) in [7, 11) is 0. The van der Waals surface area contributed by atoms with Gasteiger partial charge >= 0.3 is 6.36 Å². The first kappa shape index (κ1) is 16.2. The molecule has 2 aromatic heterocycles. The van der Waals surface area contributed by atoms with Gasteiger partial charge in [-0.25, -0.2) is 4.73 Å². The number of imidazole rings is 1. The Hall–Kier alpha value is -3.29. The molecule has 4 aromatic rings. The zero-order chi connectivity index (χ0) is 18.5. The Morgan fingerprint density at radius 2 is 1.85 bits per heavy atom. The minimum Gasteiger partial charge on any atom is -0.710 e. The smallest absolute Gasteiger partial charge is 0.573 e. The van der Waals surface area contributed by atoms with Crippen molar-refractivity contribution in [3.05, 3.63) is 65.9 Å². The summed E-state index contributed by atoms with van der Waals surface area (Å²) in [5.74, 6) is -0.321. The minimum absolute atomic E-state index is 0.321. The topological polar surface area (TPSA) is 54.0 Å². The van der Waals surface area contributed by atoms with Gasteiger partial charge in [-0.05, 0) is 54.8 Å². The third-order valence-corrected chi connectivity index (χ3v) is 4.04. The van der Waals surface area contributed by atoms with E-state index in [0.29, 0.717) is 22.1 Å². The van der Waals surface area contributed by atoms with E-state index in [1.807, 2.05) is 19.1 Å². The molecule has 4 rings (SSSR count). The normalized spacial score (nSPS) is 12.0. The van der Waals surface area contributed by atoms with E-state index in [-0.39, 0.29) is 5.75 Å². The van der Waals surface area contributed by atoms with Crippen LogP contribution in [-0.2, 0) is 0 Å². The Bertz CT molecular complexity index is 1120. The molecule has 0 saturated carbocycles. The number of pyridine rings is 1. The Morgan fingerprint density at radius 1 is 1.12 bits per heavy atom. The Kier molecular flexibility index (Phi) is 3.50. The number of rotatable bonds is 2. The van der Waals surface area contributed by atoms with Crippen molar-refractivity contribution in [3.8, 4) is 11.4 Å². The molecule has 2 heterocycles. The highest BCUT2D eigenvalue weighted by molar-refractivity contribution is 6.02. The minimum atomic E-state index is -4.75. The standard InChI is InChI=1S/C18H12F3N3O2/c1-11-8-12-2-7-16-17(15(12)9-22-11)24(25)10-23(16)13-3-5-14(6-4-13)26-18(19,20)21/h2-10H,1H3. The second-order valence-corrected chi connectivity index (χ2v) is 5.83. The lowest BCUT2D eigenvalue weighted by atomic mass is 10.1. The lowest BCUT2D eigenvalue weighted by Gasteiger charge is -2.08. The molecule has 132 valence electrons. The molecule has 0 fully saturated rings. The number of hydrogen-bond acceptors (Lipinski definition) is 3. The summed E-state index contributed by atoms with van der Waals surface area (Å²) in [6.45, 7) is 1.87. The Morgan fingerprint density at radius 3 is 2.54 bits per heavy atom. The second kappa shape index (κ2) is 5.62. The van der Waals surface area contributed by atoms with Crippen LogP contribution in [0, 0.1) is 12.1 Å². The Labute approximate surface area is 145 Å². The van der Waals surface area contributed by atoms with E-state index in [2.05, 4.69) is 9.72 Å². The van der Waals surface area contributed by atoms with E-state index >= 15 is 0 Å². The number of alkyl halides is 3. The van der Waals surface area contributed by atoms with Gasteiger partial charge in [0.25, 0.3) is 6.33 Å². The fourth-order valence-corrected chi connectivity index (χ4v) is 2.97. The van der Waals surface area contributed by atoms with Crippen molar-refractivity contribution >= 4 is 21.8 Å². The molecule has 0 atom stereocenters. The van der Waals surface area contributed by atoms with Crippen molar-refractivity contribution in [1.82, 2.24) is 9.55 Å². The number of aryl methyl sites for hydroxylation is 1. The molecule has 0 spiro atoms. The first-order valence-electron chi connectivity index (χ1n) is 7.67. The largest absolute Gasteiger partial charge is 0.710 e. The number of benzene rings is 2. The van der Waals surface area contributed by atoms with E-state index in [1.54, 1.807) is 16.8 Å². The van der Waals surface area contributed by atoms with Crippen LogP contribution in [0.1, 0.15) is 5.69 Å². The highest BCUT2D eigenvalue weighted by Crippen LogP contribution is 2.27. The quantitative estimate of drug-likeness (QED) is 0.401. The molecule has 0 unspecified atom stereocenters. The van der Waals surface area contributed by atoms with Gasteiger partial charge in [0, 0.05) is 11.9 Å². The predicted octanol–water partition coefficient (Wildman–Crippen LogP) is 4.02. The summed E-state index contributed by atoms with van der Waals surface area (Å²) in [6.07, 6.45) is -1.76. The lowest BCUT2D eigenvalue weighted by molar-refractivity contribution is -0.576. The molecule has 0 amide bonds. The van der Waals surface area contributed by atoms with Crippen LogP contribution in [0.4, 0.5) is 13.2 Å². The molecular weight excluding hydrogens is 347 g/mol. The van der Waals surface area contributed by atoms with Gasteiger partial charge in [-0.1, -0.05) is 0 Å². The number of nitrogens with zero attached hydrogens (tertiary/aromatic N) is 3. The van der Waals surface area contributed by atoms with Crippen LogP contribution < -0.4 is 9.47 Å². The molecule has 0 aliphatic heterocycles. The first-order valence-corrected chi connectivity index (χ1v) is 7.67. The number of hydrogen-bond donors (Lipinski definition) is 0. The zero-order valence-electron chi connectivity index (χ0n) is 13.5. The number of fused-ring (bicyclic) bond motifs is 3. The fourth-order valence-electron chi connectivity index (χ4n) is 2.97. The van der Waals surface area contributed by atoms with Gasteiger partial charge in [0.2, 0.25) is 0 Å². The summed E-state index contributed by atoms with van der Waals surface area (Å²) < 4.78 is 43.0. The van der Waals surface area contributed by atoms with E-state index in [0.717, 1.165) is 15.8 Å². The molecule has 5 nitrogen and oxygen atoms in total. The molecule has 0 N–H and O–H groups in total. The Balaban J connectivity index is 1.83. The van der Waals surface area contributed by atoms with Gasteiger partial charge in [-0.2, -0.15) is 4.57 Å². The van der Waals surface area contributed by atoms with Gasteiger partial charge in [-0.3, -0.25) is 4.98 Å². The summed E-state index contributed by atoms with van der Waals surface area (Å²) in [5, 5.41) is 14.0. The molecule has 0 aliphatic carbocycles. The SMILES string of the molecule is Cc1cc2ccc3c(c2cn1)[n+]([O-])cn3-c1ccc(OC(F)(F)F)cc1. The van der Waals surface area contributed by atoms with Gasteiger partial charge in [0.05, 0.1) is 5.39 Å². The van der Waals surface area contributed by atoms with Crippen LogP contribution >= 0.6 is 0 Å². The molecule has 26 heavy (non-hydrogen) atoms. The van der Waals surface area contributed by atoms with Gasteiger partial charge in [-0.15, -0.1) is 13.2 Å². The third kappa shape index (κ3) is 2.79. The molecule has 0 saturated heterocycles. The second-order valence-electron chi connectivity index (χ2n) is 5.83. The van der Waals surface area contributed by atoms with E-state index < -0.39 is 6.36 Å². The van der Waals surface area contributed by atoms with Crippen molar-refractivity contribution in [2.75, 3.05) is 0 Å². The van der Waals surface area contributed by atoms with Crippen molar-refractivity contribution in [2.45, 2.75) is 13.3 Å². The van der Waals surface area contributed by atoms with Crippen LogP contribution in [0.2, 0.25) is 0 Å². The van der Waals surface area contributed by atoms with E-state index in [1.165, 1.54) is 30.6 Å². The first-order chi connectivity index (χ1) is 12.3. The number of ether oxygens (including phenoxy) is 1. The van der Waals surface area contributed by atoms with Crippen molar-refractivity contribution < 1.29 is 22.6 Å². The van der Waals surface area contributed by atoms with E-state index in [9.17, 15) is 18.4 Å². The van der Waals surface area contributed by atoms with Crippen LogP contribution in [0.15, 0.2) is 55.0 Å². The summed E-state index contributed by atoms with van der Waals surface area (Å²) in [5.41, 5.74) is 2.46. The van der Waals surface area contributed by atoms with Crippen molar-refractivity contribution in [2.24, 2.45) is 0 Å². The summed E-state index contributed by atoms with van der Waals surface area (Å²) in [4.78, 5) is 4.24. The molecule has 0 aliphatic rings. The van der Waals surface area contributed by atoms with Crippen LogP contribution in [0.5, 0.6) is 5.75 Å². The summed E-state index contributed by atoms with van der Waals surface area (Å²) in [6, 6.07) is 10.9. The number of halogens is 3. The molecule has 0 radical (unpaired) electrons. The zero-order valence-corrected chi connectivity index (χ0v) is 13.5. The van der Waals surface area contributed by atoms with Gasteiger partial charge < -0.3 is 9.94 Å². The molecular formula is C18H12F3N3O2. The van der Waals surface area contributed by atoms with Crippen LogP contribution in [0.25, 0.3) is 27.5 Å². The number of aromatic nitrogens is 3.